The van der Waals surface area contributed by atoms with E-state index in [1.54, 1.807) is 11.8 Å². The van der Waals surface area contributed by atoms with Crippen molar-refractivity contribution in [1.82, 2.24) is 10.3 Å². The zero-order chi connectivity index (χ0) is 14.3. The SMILES string of the molecule is CCN(C(C)=O)c1nc(CNCC(C)CSC)cs1. The smallest absolute Gasteiger partial charge is 0.225 e. The summed E-state index contributed by atoms with van der Waals surface area (Å²) in [5.74, 6) is 1.88. The molecule has 1 heterocycles. The van der Waals surface area contributed by atoms with Crippen LogP contribution in [-0.2, 0) is 11.3 Å². The first-order chi connectivity index (χ1) is 9.08. The molecule has 1 aromatic heterocycles. The maximum atomic E-state index is 11.4. The van der Waals surface area contributed by atoms with Crippen LogP contribution in [0, 0.1) is 5.92 Å². The molecule has 4 nitrogen and oxygen atoms in total. The zero-order valence-electron chi connectivity index (χ0n) is 12.1. The minimum atomic E-state index is 0.0463. The number of hydrogen-bond donors (Lipinski definition) is 1. The quantitative estimate of drug-likeness (QED) is 0.801. The number of carbonyl (C=O) groups is 1. The van der Waals surface area contributed by atoms with Crippen LogP contribution in [0.5, 0.6) is 0 Å². The van der Waals surface area contributed by atoms with Crippen molar-refractivity contribution >= 4 is 34.1 Å². The fourth-order valence-corrected chi connectivity index (χ4v) is 3.40. The number of anilines is 1. The van der Waals surface area contributed by atoms with Gasteiger partial charge in [-0.05, 0) is 31.4 Å². The van der Waals surface area contributed by atoms with E-state index in [0.717, 1.165) is 23.9 Å². The van der Waals surface area contributed by atoms with Crippen LogP contribution in [0.15, 0.2) is 5.38 Å². The minimum Gasteiger partial charge on any atom is -0.311 e. The van der Waals surface area contributed by atoms with Crippen molar-refractivity contribution in [1.29, 1.82) is 0 Å². The first-order valence-electron chi connectivity index (χ1n) is 6.50. The molecule has 1 unspecified atom stereocenters. The average Bonchev–Trinajstić information content (AvgIpc) is 2.78. The molecule has 108 valence electrons. The van der Waals surface area contributed by atoms with Crippen LogP contribution in [0.25, 0.3) is 0 Å². The predicted octanol–water partition coefficient (Wildman–Crippen LogP) is 2.60. The van der Waals surface area contributed by atoms with Crippen LogP contribution in [0.1, 0.15) is 26.5 Å². The second-order valence-electron chi connectivity index (χ2n) is 4.58. The Kier molecular flexibility index (Phi) is 7.41. The minimum absolute atomic E-state index is 0.0463. The molecule has 0 fully saturated rings. The summed E-state index contributed by atoms with van der Waals surface area (Å²) >= 11 is 3.40. The number of aromatic nitrogens is 1. The Balaban J connectivity index is 2.44. The molecule has 0 aromatic carbocycles. The van der Waals surface area contributed by atoms with E-state index in [-0.39, 0.29) is 5.91 Å². The second kappa shape index (κ2) is 8.55. The maximum absolute atomic E-state index is 11.4. The summed E-state index contributed by atoms with van der Waals surface area (Å²) in [6.07, 6.45) is 2.13. The highest BCUT2D eigenvalue weighted by Gasteiger charge is 2.13. The predicted molar refractivity (Wildman–Crippen MR) is 85.1 cm³/mol. The molecule has 1 aromatic rings. The van der Waals surface area contributed by atoms with Crippen LogP contribution >= 0.6 is 23.1 Å². The highest BCUT2D eigenvalue weighted by Crippen LogP contribution is 2.20. The zero-order valence-corrected chi connectivity index (χ0v) is 13.7. The van der Waals surface area contributed by atoms with Crippen LogP contribution in [0.2, 0.25) is 0 Å². The van der Waals surface area contributed by atoms with Gasteiger partial charge >= 0.3 is 0 Å². The normalized spacial score (nSPS) is 12.4. The van der Waals surface area contributed by atoms with E-state index in [9.17, 15) is 4.79 Å². The molecule has 0 aliphatic heterocycles. The molecule has 0 saturated carbocycles. The third kappa shape index (κ3) is 5.50. The molecule has 0 radical (unpaired) electrons. The second-order valence-corrected chi connectivity index (χ2v) is 6.32. The van der Waals surface area contributed by atoms with Crippen molar-refractivity contribution in [3.8, 4) is 0 Å². The lowest BCUT2D eigenvalue weighted by Gasteiger charge is -2.14. The van der Waals surface area contributed by atoms with Crippen LogP contribution in [-0.4, -0.2) is 36.0 Å². The van der Waals surface area contributed by atoms with Gasteiger partial charge in [-0.3, -0.25) is 9.69 Å². The lowest BCUT2D eigenvalue weighted by molar-refractivity contribution is -0.116. The van der Waals surface area contributed by atoms with Gasteiger partial charge in [0.25, 0.3) is 0 Å². The van der Waals surface area contributed by atoms with Gasteiger partial charge in [0.2, 0.25) is 5.91 Å². The first kappa shape index (κ1) is 16.5. The summed E-state index contributed by atoms with van der Waals surface area (Å²) in [7, 11) is 0. The Hall–Kier alpha value is -0.590. The molecule has 0 saturated heterocycles. The summed E-state index contributed by atoms with van der Waals surface area (Å²) in [6, 6.07) is 0. The van der Waals surface area contributed by atoms with Gasteiger partial charge in [0.1, 0.15) is 0 Å². The lowest BCUT2D eigenvalue weighted by Crippen LogP contribution is -2.28. The van der Waals surface area contributed by atoms with Crippen LogP contribution in [0.3, 0.4) is 0 Å². The van der Waals surface area contributed by atoms with Crippen molar-refractivity contribution in [3.05, 3.63) is 11.1 Å². The molecule has 19 heavy (non-hydrogen) atoms. The van der Waals surface area contributed by atoms with Gasteiger partial charge in [-0.1, -0.05) is 6.92 Å². The van der Waals surface area contributed by atoms with Gasteiger partial charge in [0.05, 0.1) is 5.69 Å². The number of rotatable bonds is 8. The number of amides is 1. The summed E-state index contributed by atoms with van der Waals surface area (Å²) in [4.78, 5) is 17.6. The van der Waals surface area contributed by atoms with Gasteiger partial charge < -0.3 is 5.32 Å². The first-order valence-corrected chi connectivity index (χ1v) is 8.78. The summed E-state index contributed by atoms with van der Waals surface area (Å²) in [5.41, 5.74) is 1.01. The average molecular weight is 301 g/mol. The number of thiazole rings is 1. The standard InChI is InChI=1S/C13H23N3OS2/c1-5-16(11(3)17)13-15-12(9-19-13)7-14-6-10(2)8-18-4/h9-10,14H,5-8H2,1-4H3. The van der Waals surface area contributed by atoms with Crippen LogP contribution in [0.4, 0.5) is 5.13 Å². The molecule has 1 atom stereocenters. The van der Waals surface area contributed by atoms with Gasteiger partial charge in [-0.15, -0.1) is 11.3 Å². The fraction of sp³-hybridized carbons (Fsp3) is 0.692. The summed E-state index contributed by atoms with van der Waals surface area (Å²) in [5, 5.41) is 6.23. The van der Waals surface area contributed by atoms with Crippen molar-refractivity contribution in [3.63, 3.8) is 0 Å². The molecule has 1 N–H and O–H groups in total. The van der Waals surface area contributed by atoms with Crippen molar-refractivity contribution < 1.29 is 4.79 Å². The van der Waals surface area contributed by atoms with Gasteiger partial charge in [0, 0.05) is 25.4 Å². The highest BCUT2D eigenvalue weighted by atomic mass is 32.2. The van der Waals surface area contributed by atoms with Gasteiger partial charge in [-0.2, -0.15) is 11.8 Å². The molecule has 0 aliphatic rings. The highest BCUT2D eigenvalue weighted by molar-refractivity contribution is 7.98. The Labute approximate surface area is 124 Å². The molecular formula is C13H23N3OS2. The number of thioether (sulfide) groups is 1. The monoisotopic (exact) mass is 301 g/mol. The Morgan fingerprint density at radius 2 is 2.37 bits per heavy atom. The number of nitrogens with one attached hydrogen (secondary N) is 1. The third-order valence-electron chi connectivity index (χ3n) is 2.72. The Bertz CT molecular complexity index is 395. The molecule has 1 amide bonds. The number of hydrogen-bond acceptors (Lipinski definition) is 5. The van der Waals surface area contributed by atoms with E-state index in [4.69, 9.17) is 0 Å². The van der Waals surface area contributed by atoms with Gasteiger partial charge in [0.15, 0.2) is 5.13 Å². The molecular weight excluding hydrogens is 278 g/mol. The number of carbonyl (C=O) groups excluding carboxylic acids is 1. The lowest BCUT2D eigenvalue weighted by atomic mass is 10.2. The van der Waals surface area contributed by atoms with Crippen LogP contribution < -0.4 is 10.2 Å². The van der Waals surface area contributed by atoms with E-state index >= 15 is 0 Å². The largest absolute Gasteiger partial charge is 0.311 e. The van der Waals surface area contributed by atoms with Crippen molar-refractivity contribution in [2.75, 3.05) is 30.0 Å². The summed E-state index contributed by atoms with van der Waals surface area (Å²) in [6.45, 7) is 8.21. The van der Waals surface area contributed by atoms with E-state index in [1.807, 2.05) is 24.1 Å². The van der Waals surface area contributed by atoms with E-state index in [0.29, 0.717) is 12.5 Å². The van der Waals surface area contributed by atoms with E-state index in [2.05, 4.69) is 23.5 Å². The van der Waals surface area contributed by atoms with Crippen molar-refractivity contribution in [2.45, 2.75) is 27.3 Å². The summed E-state index contributed by atoms with van der Waals surface area (Å²) < 4.78 is 0. The molecule has 6 heteroatoms. The molecule has 1 rings (SSSR count). The Morgan fingerprint density at radius 3 is 2.95 bits per heavy atom. The third-order valence-corrected chi connectivity index (χ3v) is 4.53. The molecule has 0 aliphatic carbocycles. The Morgan fingerprint density at radius 1 is 1.63 bits per heavy atom. The molecule has 0 bridgehead atoms. The van der Waals surface area contributed by atoms with Gasteiger partial charge in [-0.25, -0.2) is 4.98 Å². The van der Waals surface area contributed by atoms with Crippen molar-refractivity contribution in [2.24, 2.45) is 5.92 Å². The van der Waals surface area contributed by atoms with E-state index in [1.165, 1.54) is 17.1 Å². The topological polar surface area (TPSA) is 45.2 Å². The number of nitrogens with zero attached hydrogens (tertiary/aromatic N) is 2. The fourth-order valence-electron chi connectivity index (χ4n) is 1.78. The maximum Gasteiger partial charge on any atom is 0.225 e. The van der Waals surface area contributed by atoms with E-state index < -0.39 is 0 Å². The molecule has 0 spiro atoms.